The smallest absolute Gasteiger partial charge is 0.336 e. The van der Waals surface area contributed by atoms with Crippen molar-refractivity contribution in [3.63, 3.8) is 0 Å². The third kappa shape index (κ3) is 4.00. The third-order valence-electron chi connectivity index (χ3n) is 4.92. The zero-order valence-corrected chi connectivity index (χ0v) is 17.2. The quantitative estimate of drug-likeness (QED) is 0.341. The molecule has 2 heterocycles. The lowest BCUT2D eigenvalue weighted by molar-refractivity contribution is 0.0699. The molecule has 11 heteroatoms. The first-order valence-electron chi connectivity index (χ1n) is 9.81. The molecule has 0 saturated carbocycles. The van der Waals surface area contributed by atoms with Crippen molar-refractivity contribution in [2.24, 2.45) is 0 Å². The summed E-state index contributed by atoms with van der Waals surface area (Å²) in [6.07, 6.45) is 0.242. The minimum absolute atomic E-state index is 0.0219. The second-order valence-corrected chi connectivity index (χ2v) is 6.99. The number of benzene rings is 2. The molecule has 0 amide bonds. The molecule has 0 unspecified atom stereocenters. The number of hydrogen-bond donors (Lipinski definition) is 4. The van der Waals surface area contributed by atoms with E-state index in [9.17, 15) is 20.0 Å². The average molecular weight is 442 g/mol. The molecule has 0 saturated heterocycles. The van der Waals surface area contributed by atoms with E-state index in [1.807, 2.05) is 6.07 Å². The molecule has 2 aromatic carbocycles. The standard InChI is InChI=1S/C22H18N8O3/c23-11-14-18(24)28-22(25)29-19(14)26-10-9-16-27-15-8-4-7-13(21(32)33)17(15)20(31)30(16)12-5-2-1-3-6-12/h1-8H,9-10H2,(H,32,33)(H5,24,25,26,28,29). The van der Waals surface area contributed by atoms with Crippen LogP contribution >= 0.6 is 0 Å². The Labute approximate surface area is 187 Å². The number of nitrogens with two attached hydrogens (primary N) is 2. The van der Waals surface area contributed by atoms with E-state index in [4.69, 9.17) is 11.5 Å². The molecule has 164 valence electrons. The summed E-state index contributed by atoms with van der Waals surface area (Å²) in [5, 5.41) is 21.9. The molecule has 33 heavy (non-hydrogen) atoms. The maximum Gasteiger partial charge on any atom is 0.336 e. The van der Waals surface area contributed by atoms with Crippen LogP contribution in [-0.2, 0) is 6.42 Å². The SMILES string of the molecule is N#Cc1c(N)nc(N)nc1NCCc1nc2cccc(C(=O)O)c2c(=O)n1-c1ccccc1. The Hall–Kier alpha value is -4.98. The minimum Gasteiger partial charge on any atom is -0.478 e. The predicted molar refractivity (Wildman–Crippen MR) is 122 cm³/mol. The number of aromatic nitrogens is 4. The zero-order chi connectivity index (χ0) is 23.5. The minimum atomic E-state index is -1.21. The number of nitriles is 1. The summed E-state index contributed by atoms with van der Waals surface area (Å²) in [4.78, 5) is 37.5. The maximum absolute atomic E-state index is 13.4. The van der Waals surface area contributed by atoms with Gasteiger partial charge in [-0.15, -0.1) is 0 Å². The van der Waals surface area contributed by atoms with Crippen LogP contribution < -0.4 is 22.3 Å². The van der Waals surface area contributed by atoms with Crippen molar-refractivity contribution in [1.82, 2.24) is 19.5 Å². The van der Waals surface area contributed by atoms with Gasteiger partial charge in [0, 0.05) is 13.0 Å². The molecule has 4 rings (SSSR count). The highest BCUT2D eigenvalue weighted by molar-refractivity contribution is 6.02. The number of carboxylic acids is 1. The molecular formula is C22H18N8O3. The number of nitrogens with one attached hydrogen (secondary N) is 1. The molecule has 0 spiro atoms. The van der Waals surface area contributed by atoms with Crippen molar-refractivity contribution < 1.29 is 9.90 Å². The first-order valence-corrected chi connectivity index (χ1v) is 9.81. The van der Waals surface area contributed by atoms with Gasteiger partial charge in [-0.3, -0.25) is 9.36 Å². The van der Waals surface area contributed by atoms with Crippen LogP contribution in [0.1, 0.15) is 21.7 Å². The van der Waals surface area contributed by atoms with Crippen LogP contribution in [0, 0.1) is 11.3 Å². The van der Waals surface area contributed by atoms with Crippen LogP contribution in [0.4, 0.5) is 17.6 Å². The molecule has 6 N–H and O–H groups in total. The van der Waals surface area contributed by atoms with Gasteiger partial charge >= 0.3 is 5.97 Å². The van der Waals surface area contributed by atoms with Gasteiger partial charge in [0.05, 0.1) is 22.2 Å². The van der Waals surface area contributed by atoms with Gasteiger partial charge in [-0.1, -0.05) is 24.3 Å². The topological polar surface area (TPSA) is 186 Å². The lowest BCUT2D eigenvalue weighted by atomic mass is 10.1. The van der Waals surface area contributed by atoms with E-state index in [2.05, 4.69) is 20.3 Å². The van der Waals surface area contributed by atoms with Crippen LogP contribution in [0.2, 0.25) is 0 Å². The van der Waals surface area contributed by atoms with E-state index >= 15 is 0 Å². The Morgan fingerprint density at radius 3 is 2.55 bits per heavy atom. The normalized spacial score (nSPS) is 10.6. The Balaban J connectivity index is 1.79. The Morgan fingerprint density at radius 2 is 1.85 bits per heavy atom. The summed E-state index contributed by atoms with van der Waals surface area (Å²) in [6, 6.07) is 15.2. The summed E-state index contributed by atoms with van der Waals surface area (Å²) in [6.45, 7) is 0.230. The molecule has 0 aliphatic heterocycles. The lowest BCUT2D eigenvalue weighted by Gasteiger charge is -2.15. The van der Waals surface area contributed by atoms with E-state index in [0.717, 1.165) is 0 Å². The number of carbonyl (C=O) groups is 1. The number of fused-ring (bicyclic) bond motifs is 1. The highest BCUT2D eigenvalue weighted by atomic mass is 16.4. The van der Waals surface area contributed by atoms with E-state index in [1.165, 1.54) is 10.6 Å². The highest BCUT2D eigenvalue weighted by Crippen LogP contribution is 2.20. The van der Waals surface area contributed by atoms with Gasteiger partial charge in [-0.25, -0.2) is 9.78 Å². The van der Waals surface area contributed by atoms with Crippen molar-refractivity contribution in [2.45, 2.75) is 6.42 Å². The van der Waals surface area contributed by atoms with E-state index < -0.39 is 11.5 Å². The van der Waals surface area contributed by atoms with Crippen molar-refractivity contribution in [3.05, 3.63) is 75.8 Å². The van der Waals surface area contributed by atoms with Gasteiger partial charge in [0.15, 0.2) is 5.82 Å². The molecule has 2 aromatic heterocycles. The Morgan fingerprint density at radius 1 is 1.09 bits per heavy atom. The molecular weight excluding hydrogens is 424 g/mol. The second-order valence-electron chi connectivity index (χ2n) is 6.99. The van der Waals surface area contributed by atoms with Crippen molar-refractivity contribution in [3.8, 4) is 11.8 Å². The first kappa shape index (κ1) is 21.3. The van der Waals surface area contributed by atoms with Crippen molar-refractivity contribution in [2.75, 3.05) is 23.3 Å². The number of nitrogens with zero attached hydrogens (tertiary/aromatic N) is 5. The highest BCUT2D eigenvalue weighted by Gasteiger charge is 2.18. The number of anilines is 3. The first-order chi connectivity index (χ1) is 15.9. The number of aromatic carboxylic acids is 1. The predicted octanol–water partition coefficient (Wildman–Crippen LogP) is 1.56. The monoisotopic (exact) mass is 442 g/mol. The van der Waals surface area contributed by atoms with E-state index in [0.29, 0.717) is 11.5 Å². The Bertz CT molecular complexity index is 1480. The molecule has 11 nitrogen and oxygen atoms in total. The number of hydrogen-bond acceptors (Lipinski definition) is 9. The number of nitrogen functional groups attached to an aromatic ring is 2. The van der Waals surface area contributed by atoms with Gasteiger partial charge in [-0.2, -0.15) is 15.2 Å². The van der Waals surface area contributed by atoms with Crippen LogP contribution in [0.15, 0.2) is 53.3 Å². The lowest BCUT2D eigenvalue weighted by Crippen LogP contribution is -2.26. The van der Waals surface area contributed by atoms with Crippen molar-refractivity contribution >= 4 is 34.5 Å². The second kappa shape index (κ2) is 8.64. The van der Waals surface area contributed by atoms with E-state index in [-0.39, 0.29) is 52.6 Å². The fraction of sp³-hybridized carbons (Fsp3) is 0.0909. The van der Waals surface area contributed by atoms with Gasteiger partial charge in [0.2, 0.25) is 5.95 Å². The Kier molecular flexibility index (Phi) is 5.56. The molecule has 0 fully saturated rings. The maximum atomic E-state index is 13.4. The fourth-order valence-corrected chi connectivity index (χ4v) is 3.49. The summed E-state index contributed by atoms with van der Waals surface area (Å²) >= 11 is 0. The molecule has 0 atom stereocenters. The largest absolute Gasteiger partial charge is 0.478 e. The molecule has 4 aromatic rings. The summed E-state index contributed by atoms with van der Waals surface area (Å²) in [5.41, 5.74) is 11.6. The molecule has 0 aliphatic carbocycles. The molecule has 0 aliphatic rings. The summed E-state index contributed by atoms with van der Waals surface area (Å²) in [7, 11) is 0. The van der Waals surface area contributed by atoms with Gasteiger partial charge in [0.1, 0.15) is 23.3 Å². The fourth-order valence-electron chi connectivity index (χ4n) is 3.49. The number of rotatable bonds is 6. The van der Waals surface area contributed by atoms with Crippen LogP contribution in [0.5, 0.6) is 0 Å². The summed E-state index contributed by atoms with van der Waals surface area (Å²) in [5.74, 6) is -0.775. The summed E-state index contributed by atoms with van der Waals surface area (Å²) < 4.78 is 1.38. The average Bonchev–Trinajstić information content (AvgIpc) is 2.79. The van der Waals surface area contributed by atoms with Crippen LogP contribution in [-0.4, -0.2) is 37.1 Å². The zero-order valence-electron chi connectivity index (χ0n) is 17.2. The van der Waals surface area contributed by atoms with Crippen molar-refractivity contribution in [1.29, 1.82) is 5.26 Å². The van der Waals surface area contributed by atoms with E-state index in [1.54, 1.807) is 42.5 Å². The molecule has 0 bridgehead atoms. The number of carboxylic acid groups (broad SMARTS) is 1. The third-order valence-corrected chi connectivity index (χ3v) is 4.92. The van der Waals surface area contributed by atoms with Crippen LogP contribution in [0.25, 0.3) is 16.6 Å². The van der Waals surface area contributed by atoms with Gasteiger partial charge < -0.3 is 21.9 Å². The van der Waals surface area contributed by atoms with Gasteiger partial charge in [-0.05, 0) is 24.3 Å². The number of para-hydroxylation sites is 1. The van der Waals surface area contributed by atoms with Gasteiger partial charge in [0.25, 0.3) is 5.56 Å². The molecule has 0 radical (unpaired) electrons. The van der Waals surface area contributed by atoms with Crippen LogP contribution in [0.3, 0.4) is 0 Å².